The second kappa shape index (κ2) is 10.9. The van der Waals surface area contributed by atoms with E-state index < -0.39 is 29.0 Å². The van der Waals surface area contributed by atoms with Crippen molar-refractivity contribution in [3.05, 3.63) is 39.8 Å². The molecule has 4 N–H and O–H groups in total. The number of amides is 1. The summed E-state index contributed by atoms with van der Waals surface area (Å²) in [6, 6.07) is 4.94. The number of hydrogen-bond acceptors (Lipinski definition) is 10. The average Bonchev–Trinajstić information content (AvgIpc) is 3.25. The monoisotopic (exact) mass is 571 g/mol. The number of hydrogen-bond donors (Lipinski definition) is 2. The summed E-state index contributed by atoms with van der Waals surface area (Å²) in [4.78, 5) is 39.1. The van der Waals surface area contributed by atoms with Gasteiger partial charge in [0.25, 0.3) is 0 Å². The van der Waals surface area contributed by atoms with Crippen LogP contribution in [0.3, 0.4) is 0 Å². The Morgan fingerprint density at radius 3 is 2.58 bits per heavy atom. The molecule has 1 saturated heterocycles. The number of carbonyl (C=O) groups is 2. The Balaban J connectivity index is 1.48. The Labute approximate surface area is 236 Å². The van der Waals surface area contributed by atoms with Crippen molar-refractivity contribution in [2.24, 2.45) is 10.9 Å². The van der Waals surface area contributed by atoms with Crippen molar-refractivity contribution >= 4 is 39.9 Å². The van der Waals surface area contributed by atoms with Gasteiger partial charge in [-0.05, 0) is 52.5 Å². The molecule has 1 fully saturated rings. The maximum atomic E-state index is 14.5. The van der Waals surface area contributed by atoms with E-state index in [4.69, 9.17) is 21.0 Å². The molecule has 0 saturated carbocycles. The lowest BCUT2D eigenvalue weighted by Gasteiger charge is -2.36. The van der Waals surface area contributed by atoms with E-state index in [2.05, 4.69) is 16.2 Å². The van der Waals surface area contributed by atoms with Crippen molar-refractivity contribution < 1.29 is 23.6 Å². The van der Waals surface area contributed by atoms with E-state index in [0.717, 1.165) is 4.88 Å². The quantitative estimate of drug-likeness (QED) is 0.183. The van der Waals surface area contributed by atoms with Crippen LogP contribution in [0, 0.1) is 17.3 Å². The SMILES string of the molecule is CC1CCC(C)(C(=O)O/N=C(/N)c2cc(N3CCN(C(=O)OC(C)(C)C)CC3)cc(F)n2)c2c1sc(N)c2C#N. The predicted octanol–water partition coefficient (Wildman–Crippen LogP) is 3.81. The van der Waals surface area contributed by atoms with Crippen LogP contribution in [0.4, 0.5) is 19.9 Å². The standard InChI is InChI=1S/C27H34FN7O4S/c1-15-6-7-27(5,20-17(14-29)23(31)40-21(15)20)24(36)39-33-22(30)18-12-16(13-19(28)32-18)34-8-10-35(11-9-34)25(37)38-26(2,3)4/h12-13,15H,6-11,31H2,1-5H3,(H2,30,33). The van der Waals surface area contributed by atoms with Crippen LogP contribution in [0.15, 0.2) is 17.3 Å². The van der Waals surface area contributed by atoms with Crippen LogP contribution < -0.4 is 16.4 Å². The third-order valence-electron chi connectivity index (χ3n) is 7.17. The summed E-state index contributed by atoms with van der Waals surface area (Å²) < 4.78 is 19.9. The Hall–Kier alpha value is -3.92. The summed E-state index contributed by atoms with van der Waals surface area (Å²) in [5.41, 5.74) is 11.8. The molecule has 0 aromatic carbocycles. The van der Waals surface area contributed by atoms with E-state index in [1.807, 2.05) is 11.8 Å². The van der Waals surface area contributed by atoms with Crippen LogP contribution in [0.5, 0.6) is 0 Å². The molecule has 2 aliphatic rings. The van der Waals surface area contributed by atoms with E-state index in [0.29, 0.717) is 55.3 Å². The van der Waals surface area contributed by atoms with Crippen molar-refractivity contribution in [3.63, 3.8) is 0 Å². The van der Waals surface area contributed by atoms with Gasteiger partial charge in [0.1, 0.15) is 22.4 Å². The highest BCUT2D eigenvalue weighted by atomic mass is 32.1. The van der Waals surface area contributed by atoms with Crippen molar-refractivity contribution in [3.8, 4) is 6.07 Å². The maximum absolute atomic E-state index is 14.5. The van der Waals surface area contributed by atoms with Gasteiger partial charge in [-0.2, -0.15) is 9.65 Å². The molecule has 0 spiro atoms. The summed E-state index contributed by atoms with van der Waals surface area (Å²) in [6.07, 6.45) is 0.753. The summed E-state index contributed by atoms with van der Waals surface area (Å²) in [5.74, 6) is -1.59. The Morgan fingerprint density at radius 2 is 1.95 bits per heavy atom. The number of aromatic nitrogens is 1. The van der Waals surface area contributed by atoms with Gasteiger partial charge < -0.3 is 30.8 Å². The number of halogens is 1. The van der Waals surface area contributed by atoms with Crippen LogP contribution in [-0.2, 0) is 19.8 Å². The molecule has 13 heteroatoms. The van der Waals surface area contributed by atoms with Gasteiger partial charge in [0.05, 0.1) is 11.0 Å². The molecule has 2 unspecified atom stereocenters. The zero-order valence-electron chi connectivity index (χ0n) is 23.3. The molecule has 2 aromatic rings. The highest BCUT2D eigenvalue weighted by Crippen LogP contribution is 2.50. The zero-order valence-corrected chi connectivity index (χ0v) is 24.1. The molecule has 214 valence electrons. The van der Waals surface area contributed by atoms with Gasteiger partial charge >= 0.3 is 12.1 Å². The number of piperazine rings is 1. The van der Waals surface area contributed by atoms with E-state index >= 15 is 0 Å². The molecule has 4 rings (SSSR count). The number of ether oxygens (including phenoxy) is 1. The fourth-order valence-corrected chi connectivity index (χ4v) is 6.18. The van der Waals surface area contributed by atoms with Crippen molar-refractivity contribution in [2.45, 2.75) is 64.4 Å². The molecular weight excluding hydrogens is 537 g/mol. The smallest absolute Gasteiger partial charge is 0.410 e. The number of nitriles is 1. The minimum atomic E-state index is -1.14. The van der Waals surface area contributed by atoms with Gasteiger partial charge in [-0.15, -0.1) is 11.3 Å². The first-order valence-electron chi connectivity index (χ1n) is 13.0. The van der Waals surface area contributed by atoms with E-state index in [9.17, 15) is 19.2 Å². The van der Waals surface area contributed by atoms with Crippen molar-refractivity contribution in [1.82, 2.24) is 9.88 Å². The number of nitrogens with two attached hydrogens (primary N) is 2. The third-order valence-corrected chi connectivity index (χ3v) is 8.42. The van der Waals surface area contributed by atoms with E-state index in [-0.39, 0.29) is 23.0 Å². The minimum Gasteiger partial charge on any atom is -0.444 e. The number of anilines is 2. The number of nitrogen functional groups attached to an aromatic ring is 1. The van der Waals surface area contributed by atoms with Crippen molar-refractivity contribution in [2.75, 3.05) is 36.8 Å². The van der Waals surface area contributed by atoms with Crippen LogP contribution >= 0.6 is 11.3 Å². The topological polar surface area (TPSA) is 160 Å². The molecule has 3 heterocycles. The number of carbonyl (C=O) groups excluding carboxylic acids is 2. The molecule has 1 aliphatic carbocycles. The number of thiophene rings is 1. The number of amidine groups is 1. The summed E-state index contributed by atoms with van der Waals surface area (Å²) >= 11 is 1.31. The number of pyridine rings is 1. The van der Waals surface area contributed by atoms with E-state index in [1.54, 1.807) is 38.7 Å². The third kappa shape index (κ3) is 5.82. The highest BCUT2D eigenvalue weighted by Gasteiger charge is 2.46. The van der Waals surface area contributed by atoms with Gasteiger partial charge in [0.15, 0.2) is 5.84 Å². The van der Waals surface area contributed by atoms with Gasteiger partial charge in [-0.1, -0.05) is 12.1 Å². The fraction of sp³-hybridized carbons (Fsp3) is 0.519. The molecule has 1 aliphatic heterocycles. The lowest BCUT2D eigenvalue weighted by atomic mass is 9.70. The summed E-state index contributed by atoms with van der Waals surface area (Å²) in [7, 11) is 0. The van der Waals surface area contributed by atoms with Crippen molar-refractivity contribution in [1.29, 1.82) is 5.26 Å². The van der Waals surface area contributed by atoms with Gasteiger partial charge in [0, 0.05) is 48.4 Å². The fourth-order valence-electron chi connectivity index (χ4n) is 4.95. The summed E-state index contributed by atoms with van der Waals surface area (Å²) in [6.45, 7) is 10.8. The zero-order chi connectivity index (χ0) is 29.4. The Kier molecular flexibility index (Phi) is 7.94. The predicted molar refractivity (Wildman–Crippen MR) is 149 cm³/mol. The average molecular weight is 572 g/mol. The van der Waals surface area contributed by atoms with Gasteiger partial charge in [0.2, 0.25) is 5.95 Å². The molecule has 11 nitrogen and oxygen atoms in total. The Bertz CT molecular complexity index is 1390. The van der Waals surface area contributed by atoms with Crippen LogP contribution in [0.1, 0.15) is 75.1 Å². The number of fused-ring (bicyclic) bond motifs is 1. The van der Waals surface area contributed by atoms with Crippen LogP contribution in [-0.4, -0.2) is 59.6 Å². The Morgan fingerprint density at radius 1 is 1.27 bits per heavy atom. The summed E-state index contributed by atoms with van der Waals surface area (Å²) in [5, 5.41) is 13.8. The van der Waals surface area contributed by atoms with Crippen LogP contribution in [0.2, 0.25) is 0 Å². The van der Waals surface area contributed by atoms with Gasteiger partial charge in [-0.25, -0.2) is 14.6 Å². The normalized spacial score (nSPS) is 21.4. The largest absolute Gasteiger partial charge is 0.444 e. The second-order valence-corrected chi connectivity index (χ2v) is 12.4. The number of nitrogens with zero attached hydrogens (tertiary/aromatic N) is 5. The lowest BCUT2D eigenvalue weighted by Crippen LogP contribution is -2.50. The first-order chi connectivity index (χ1) is 18.7. The van der Waals surface area contributed by atoms with Crippen LogP contribution in [0.25, 0.3) is 0 Å². The molecule has 2 atom stereocenters. The molecule has 1 amide bonds. The molecule has 2 aromatic heterocycles. The molecular formula is C27H34FN7O4S. The van der Waals surface area contributed by atoms with Gasteiger partial charge in [-0.3, -0.25) is 0 Å². The first-order valence-corrected chi connectivity index (χ1v) is 13.8. The molecule has 0 bridgehead atoms. The number of rotatable bonds is 4. The first kappa shape index (κ1) is 29.1. The minimum absolute atomic E-state index is 0.00188. The molecule has 40 heavy (non-hydrogen) atoms. The highest BCUT2D eigenvalue weighted by molar-refractivity contribution is 7.16. The second-order valence-electron chi connectivity index (χ2n) is 11.3. The lowest BCUT2D eigenvalue weighted by molar-refractivity contribution is -0.150. The van der Waals surface area contributed by atoms with E-state index in [1.165, 1.54) is 17.4 Å². The molecule has 0 radical (unpaired) electrons. The number of oxime groups is 1. The maximum Gasteiger partial charge on any atom is 0.410 e.